The molecule has 2 N–H and O–H groups in total. The van der Waals surface area contributed by atoms with Gasteiger partial charge in [0.05, 0.1) is 7.11 Å². The average molecular weight is 399 g/mol. The van der Waals surface area contributed by atoms with E-state index in [0.29, 0.717) is 18.0 Å². The summed E-state index contributed by atoms with van der Waals surface area (Å²) in [6.45, 7) is 6.78. The molecule has 0 unspecified atom stereocenters. The third-order valence-electron chi connectivity index (χ3n) is 5.48. The van der Waals surface area contributed by atoms with Crippen molar-refractivity contribution in [2.24, 2.45) is 0 Å². The Morgan fingerprint density at radius 2 is 1.83 bits per heavy atom. The lowest BCUT2D eigenvalue weighted by atomic mass is 10.1. The summed E-state index contributed by atoms with van der Waals surface area (Å²) in [6, 6.07) is 14.4. The van der Waals surface area contributed by atoms with Crippen LogP contribution in [-0.4, -0.2) is 49.5 Å². The van der Waals surface area contributed by atoms with Crippen molar-refractivity contribution in [2.75, 3.05) is 33.4 Å². The number of methoxy groups -OCH3 is 1. The van der Waals surface area contributed by atoms with Crippen LogP contribution in [0.2, 0.25) is 0 Å². The highest BCUT2D eigenvalue weighted by molar-refractivity contribution is 5.43. The predicted octanol–water partition coefficient (Wildman–Crippen LogP) is 3.52. The van der Waals surface area contributed by atoms with Gasteiger partial charge in [-0.25, -0.2) is 0 Å². The Labute approximate surface area is 174 Å². The minimum Gasteiger partial charge on any atom is -0.493 e. The molecule has 1 fully saturated rings. The van der Waals surface area contributed by atoms with Gasteiger partial charge >= 0.3 is 0 Å². The number of nitrogens with one attached hydrogen (secondary N) is 1. The summed E-state index contributed by atoms with van der Waals surface area (Å²) in [6.07, 6.45) is 3.24. The Balaban J connectivity index is 1.51. The third kappa shape index (κ3) is 6.74. The molecule has 5 nitrogen and oxygen atoms in total. The molecule has 0 bridgehead atoms. The number of hydrogen-bond acceptors (Lipinski definition) is 5. The number of aliphatic hydroxyl groups excluding tert-OH is 1. The Morgan fingerprint density at radius 3 is 2.59 bits per heavy atom. The number of rotatable bonds is 10. The molecule has 1 aliphatic rings. The molecule has 0 aromatic heterocycles. The van der Waals surface area contributed by atoms with E-state index in [1.54, 1.807) is 7.11 Å². The predicted molar refractivity (Wildman–Crippen MR) is 117 cm³/mol. The van der Waals surface area contributed by atoms with Crippen LogP contribution in [0.3, 0.4) is 0 Å². The van der Waals surface area contributed by atoms with Crippen LogP contribution >= 0.6 is 0 Å². The van der Waals surface area contributed by atoms with Crippen molar-refractivity contribution >= 4 is 0 Å². The quantitative estimate of drug-likeness (QED) is 0.641. The van der Waals surface area contributed by atoms with Gasteiger partial charge < -0.3 is 24.8 Å². The van der Waals surface area contributed by atoms with Gasteiger partial charge in [0.1, 0.15) is 12.7 Å². The van der Waals surface area contributed by atoms with Gasteiger partial charge in [0.25, 0.3) is 0 Å². The van der Waals surface area contributed by atoms with Crippen LogP contribution in [0.25, 0.3) is 0 Å². The molecule has 1 saturated heterocycles. The van der Waals surface area contributed by atoms with Gasteiger partial charge in [-0.1, -0.05) is 36.8 Å². The van der Waals surface area contributed by atoms with E-state index < -0.39 is 6.10 Å². The summed E-state index contributed by atoms with van der Waals surface area (Å²) in [4.78, 5) is 2.32. The lowest BCUT2D eigenvalue weighted by Crippen LogP contribution is -2.38. The first-order valence-electron chi connectivity index (χ1n) is 10.6. The lowest BCUT2D eigenvalue weighted by molar-refractivity contribution is 0.0608. The van der Waals surface area contributed by atoms with Crippen LogP contribution in [0.15, 0.2) is 42.5 Å². The SMILES string of the molecule is COc1ccc(CNCc2ccccc2C)cc1OC[C@H](O)CN1CCCCC1. The van der Waals surface area contributed by atoms with Crippen molar-refractivity contribution in [3.05, 3.63) is 59.2 Å². The average Bonchev–Trinajstić information content (AvgIpc) is 2.74. The molecule has 158 valence electrons. The van der Waals surface area contributed by atoms with E-state index in [4.69, 9.17) is 9.47 Å². The van der Waals surface area contributed by atoms with E-state index >= 15 is 0 Å². The molecule has 5 heteroatoms. The number of hydrogen-bond donors (Lipinski definition) is 2. The molecule has 0 aliphatic carbocycles. The molecule has 1 atom stereocenters. The monoisotopic (exact) mass is 398 g/mol. The molecule has 3 rings (SSSR count). The van der Waals surface area contributed by atoms with Crippen LogP contribution in [0, 0.1) is 6.92 Å². The van der Waals surface area contributed by atoms with Crippen LogP contribution in [0.1, 0.15) is 36.0 Å². The van der Waals surface area contributed by atoms with Crippen LogP contribution in [-0.2, 0) is 13.1 Å². The minimum atomic E-state index is -0.499. The molecule has 0 saturated carbocycles. The number of benzene rings is 2. The zero-order valence-corrected chi connectivity index (χ0v) is 17.7. The van der Waals surface area contributed by atoms with E-state index in [2.05, 4.69) is 41.4 Å². The minimum absolute atomic E-state index is 0.271. The van der Waals surface area contributed by atoms with Crippen molar-refractivity contribution in [1.82, 2.24) is 10.2 Å². The maximum Gasteiger partial charge on any atom is 0.161 e. The zero-order valence-electron chi connectivity index (χ0n) is 17.7. The summed E-state index contributed by atoms with van der Waals surface area (Å²) in [5.74, 6) is 1.37. The number of piperidine rings is 1. The molecule has 0 amide bonds. The molecule has 0 radical (unpaired) electrons. The number of likely N-dealkylation sites (tertiary alicyclic amines) is 1. The number of aryl methyl sites for hydroxylation is 1. The summed E-state index contributed by atoms with van der Waals surface area (Å²) in [5.41, 5.74) is 3.72. The molecule has 29 heavy (non-hydrogen) atoms. The maximum atomic E-state index is 10.4. The van der Waals surface area contributed by atoms with Gasteiger partial charge in [0.15, 0.2) is 11.5 Å². The fourth-order valence-corrected chi connectivity index (χ4v) is 3.77. The molecular weight excluding hydrogens is 364 g/mol. The van der Waals surface area contributed by atoms with Crippen molar-refractivity contribution in [3.63, 3.8) is 0 Å². The summed E-state index contributed by atoms with van der Waals surface area (Å²) < 4.78 is 11.4. The Kier molecular flexibility index (Phi) is 8.35. The smallest absolute Gasteiger partial charge is 0.161 e. The van der Waals surface area contributed by atoms with Gasteiger partial charge in [0.2, 0.25) is 0 Å². The summed E-state index contributed by atoms with van der Waals surface area (Å²) in [7, 11) is 1.64. The molecule has 1 aliphatic heterocycles. The standard InChI is InChI=1S/C24H34N2O3/c1-19-8-4-5-9-21(19)16-25-15-20-10-11-23(28-2)24(14-20)29-18-22(27)17-26-12-6-3-7-13-26/h4-5,8-11,14,22,25,27H,3,6-7,12-13,15-18H2,1-2H3/t22-/m1/s1. The van der Waals surface area contributed by atoms with Crippen molar-refractivity contribution in [1.29, 1.82) is 0 Å². The highest BCUT2D eigenvalue weighted by Crippen LogP contribution is 2.28. The second-order valence-electron chi connectivity index (χ2n) is 7.84. The first-order chi connectivity index (χ1) is 14.2. The highest BCUT2D eigenvalue weighted by Gasteiger charge is 2.16. The molecule has 2 aromatic rings. The van der Waals surface area contributed by atoms with E-state index in [9.17, 15) is 5.11 Å². The van der Waals surface area contributed by atoms with Gasteiger partial charge in [-0.15, -0.1) is 0 Å². The first kappa shape index (κ1) is 21.6. The van der Waals surface area contributed by atoms with Gasteiger partial charge in [-0.05, 0) is 61.7 Å². The van der Waals surface area contributed by atoms with Gasteiger partial charge in [-0.2, -0.15) is 0 Å². The maximum absolute atomic E-state index is 10.4. The van der Waals surface area contributed by atoms with E-state index in [0.717, 1.165) is 31.7 Å². The number of nitrogens with zero attached hydrogens (tertiary/aromatic N) is 1. The molecule has 2 aromatic carbocycles. The van der Waals surface area contributed by atoms with Crippen LogP contribution in [0.5, 0.6) is 11.5 Å². The molecule has 1 heterocycles. The van der Waals surface area contributed by atoms with Crippen LogP contribution < -0.4 is 14.8 Å². The van der Waals surface area contributed by atoms with E-state index in [-0.39, 0.29) is 6.61 Å². The van der Waals surface area contributed by atoms with E-state index in [1.165, 1.54) is 30.4 Å². The number of aliphatic hydroxyl groups is 1. The van der Waals surface area contributed by atoms with Gasteiger partial charge in [0, 0.05) is 19.6 Å². The summed E-state index contributed by atoms with van der Waals surface area (Å²) >= 11 is 0. The highest BCUT2D eigenvalue weighted by atomic mass is 16.5. The lowest BCUT2D eigenvalue weighted by Gasteiger charge is -2.28. The fraction of sp³-hybridized carbons (Fsp3) is 0.500. The Hall–Kier alpha value is -2.08. The van der Waals surface area contributed by atoms with E-state index in [1.807, 2.05) is 18.2 Å². The second kappa shape index (κ2) is 11.2. The largest absolute Gasteiger partial charge is 0.493 e. The van der Waals surface area contributed by atoms with Crippen molar-refractivity contribution in [2.45, 2.75) is 45.4 Å². The second-order valence-corrected chi connectivity index (χ2v) is 7.84. The normalized spacial score (nSPS) is 15.8. The Morgan fingerprint density at radius 1 is 1.03 bits per heavy atom. The first-order valence-corrected chi connectivity index (χ1v) is 10.6. The topological polar surface area (TPSA) is 54.0 Å². The third-order valence-corrected chi connectivity index (χ3v) is 5.48. The summed E-state index contributed by atoms with van der Waals surface area (Å²) in [5, 5.41) is 13.9. The van der Waals surface area contributed by atoms with Gasteiger partial charge in [-0.3, -0.25) is 0 Å². The fourth-order valence-electron chi connectivity index (χ4n) is 3.77. The van der Waals surface area contributed by atoms with Crippen molar-refractivity contribution in [3.8, 4) is 11.5 Å². The number of β-amino-alcohol motifs (C(OH)–C–C–N with tert-alkyl or cyclic N) is 1. The number of ether oxygens (including phenoxy) is 2. The molecule has 0 spiro atoms. The zero-order chi connectivity index (χ0) is 20.5. The van der Waals surface area contributed by atoms with Crippen LogP contribution in [0.4, 0.5) is 0 Å². The molecular formula is C24H34N2O3. The van der Waals surface area contributed by atoms with Crippen molar-refractivity contribution < 1.29 is 14.6 Å². The Bertz CT molecular complexity index is 760.